The highest BCUT2D eigenvalue weighted by molar-refractivity contribution is 8.14. The van der Waals surface area contributed by atoms with Crippen LogP contribution in [0.5, 0.6) is 0 Å². The molecule has 1 heterocycles. The van der Waals surface area contributed by atoms with Crippen LogP contribution in [0.1, 0.15) is 12.0 Å². The largest absolute Gasteiger partial charge is 0.416 e. The average Bonchev–Trinajstić information content (AvgIpc) is 2.32. The second-order valence-electron chi connectivity index (χ2n) is 3.71. The van der Waals surface area contributed by atoms with Gasteiger partial charge < -0.3 is 5.32 Å². The van der Waals surface area contributed by atoms with Gasteiger partial charge in [-0.2, -0.15) is 13.2 Å². The Labute approximate surface area is 124 Å². The zero-order valence-electron chi connectivity index (χ0n) is 9.63. The molecule has 0 amide bonds. The molecule has 0 aliphatic carbocycles. The highest BCUT2D eigenvalue weighted by atomic mass is 35.5. The van der Waals surface area contributed by atoms with Crippen LogP contribution < -0.4 is 5.32 Å². The number of nitrogens with zero attached hydrogens (tertiary/aromatic N) is 1. The maximum Gasteiger partial charge on any atom is 0.416 e. The van der Waals surface area contributed by atoms with E-state index < -0.39 is 11.7 Å². The van der Waals surface area contributed by atoms with Crippen molar-refractivity contribution < 1.29 is 13.2 Å². The Bertz CT molecular complexity index is 477. The molecule has 0 saturated carbocycles. The summed E-state index contributed by atoms with van der Waals surface area (Å²) < 4.78 is 37.7. The number of rotatable bonds is 1. The van der Waals surface area contributed by atoms with E-state index in [2.05, 4.69) is 10.3 Å². The Balaban J connectivity index is 0.00000180. The molecule has 2 rings (SSSR count). The van der Waals surface area contributed by atoms with Crippen molar-refractivity contribution in [2.24, 2.45) is 4.99 Å². The summed E-state index contributed by atoms with van der Waals surface area (Å²) in [6.07, 6.45) is -3.39. The first-order chi connectivity index (χ1) is 8.47. The number of benzene rings is 1. The number of thioether (sulfide) groups is 1. The summed E-state index contributed by atoms with van der Waals surface area (Å²) in [6.45, 7) is 0.686. The van der Waals surface area contributed by atoms with Crippen LogP contribution in [0.3, 0.4) is 0 Å². The minimum Gasteiger partial charge on any atom is -0.334 e. The van der Waals surface area contributed by atoms with E-state index in [9.17, 15) is 13.2 Å². The van der Waals surface area contributed by atoms with Crippen molar-refractivity contribution in [3.8, 4) is 0 Å². The Hall–Kier alpha value is -0.590. The fourth-order valence-corrected chi connectivity index (χ4v) is 2.44. The molecule has 1 aliphatic rings. The lowest BCUT2D eigenvalue weighted by molar-refractivity contribution is -0.137. The fourth-order valence-electron chi connectivity index (χ4n) is 1.45. The van der Waals surface area contributed by atoms with Gasteiger partial charge >= 0.3 is 6.18 Å². The summed E-state index contributed by atoms with van der Waals surface area (Å²) in [5.41, 5.74) is -0.490. The fraction of sp³-hybridized carbons (Fsp3) is 0.364. The third-order valence-corrected chi connectivity index (χ3v) is 3.66. The lowest BCUT2D eigenvalue weighted by atomic mass is 10.2. The second kappa shape index (κ2) is 6.72. The van der Waals surface area contributed by atoms with Crippen molar-refractivity contribution in [1.82, 2.24) is 0 Å². The van der Waals surface area contributed by atoms with E-state index in [1.165, 1.54) is 17.8 Å². The highest BCUT2D eigenvalue weighted by Crippen LogP contribution is 2.34. The Kier molecular flexibility index (Phi) is 5.82. The molecule has 1 N–H and O–H groups in total. The van der Waals surface area contributed by atoms with Crippen LogP contribution in [0.15, 0.2) is 23.2 Å². The van der Waals surface area contributed by atoms with Crippen LogP contribution in [-0.4, -0.2) is 17.5 Å². The van der Waals surface area contributed by atoms with Crippen LogP contribution in [0, 0.1) is 0 Å². The third kappa shape index (κ3) is 4.47. The third-order valence-electron chi connectivity index (χ3n) is 2.33. The van der Waals surface area contributed by atoms with Crippen LogP contribution in [0.4, 0.5) is 18.9 Å². The molecule has 0 aromatic heterocycles. The van der Waals surface area contributed by atoms with Crippen LogP contribution in [0.25, 0.3) is 0 Å². The molecule has 0 unspecified atom stereocenters. The summed E-state index contributed by atoms with van der Waals surface area (Å²) in [5, 5.41) is 3.70. The van der Waals surface area contributed by atoms with Gasteiger partial charge in [0.15, 0.2) is 5.17 Å². The van der Waals surface area contributed by atoms with Crippen molar-refractivity contribution >= 4 is 46.6 Å². The number of anilines is 1. The van der Waals surface area contributed by atoms with E-state index in [4.69, 9.17) is 11.6 Å². The number of halogens is 5. The summed E-state index contributed by atoms with van der Waals surface area (Å²) in [4.78, 5) is 4.19. The molecule has 1 aromatic rings. The summed E-state index contributed by atoms with van der Waals surface area (Å²) in [7, 11) is 0. The van der Waals surface area contributed by atoms with E-state index in [-0.39, 0.29) is 23.1 Å². The van der Waals surface area contributed by atoms with E-state index in [1.807, 2.05) is 0 Å². The first kappa shape index (κ1) is 16.5. The topological polar surface area (TPSA) is 24.4 Å². The van der Waals surface area contributed by atoms with Gasteiger partial charge in [0.05, 0.1) is 16.3 Å². The van der Waals surface area contributed by atoms with Crippen molar-refractivity contribution in [3.05, 3.63) is 28.8 Å². The van der Waals surface area contributed by atoms with Crippen molar-refractivity contribution in [3.63, 3.8) is 0 Å². The molecule has 8 heteroatoms. The maximum absolute atomic E-state index is 12.6. The van der Waals surface area contributed by atoms with Gasteiger partial charge in [0.2, 0.25) is 0 Å². The molecular formula is C11H11Cl2F3N2S. The second-order valence-corrected chi connectivity index (χ2v) is 5.20. The van der Waals surface area contributed by atoms with E-state index >= 15 is 0 Å². The van der Waals surface area contributed by atoms with Gasteiger partial charge in [-0.3, -0.25) is 4.99 Å². The van der Waals surface area contributed by atoms with Gasteiger partial charge in [-0.05, 0) is 24.6 Å². The average molecular weight is 331 g/mol. The van der Waals surface area contributed by atoms with Crippen molar-refractivity contribution in [2.45, 2.75) is 12.6 Å². The summed E-state index contributed by atoms with van der Waals surface area (Å²) >= 11 is 7.35. The molecule has 1 aliphatic heterocycles. The smallest absolute Gasteiger partial charge is 0.334 e. The lowest BCUT2D eigenvalue weighted by Crippen LogP contribution is -2.14. The first-order valence-corrected chi connectivity index (χ1v) is 6.64. The van der Waals surface area contributed by atoms with Crippen molar-refractivity contribution in [1.29, 1.82) is 0 Å². The molecule has 0 saturated heterocycles. The van der Waals surface area contributed by atoms with Crippen molar-refractivity contribution in [2.75, 3.05) is 17.6 Å². The zero-order valence-corrected chi connectivity index (χ0v) is 12.0. The highest BCUT2D eigenvalue weighted by Gasteiger charge is 2.31. The standard InChI is InChI=1S/C11H10ClF3N2S.ClH/c12-8-3-2-7(11(13,14)15)6-9(8)17-10-16-4-1-5-18-10;/h2-3,6H,1,4-5H2,(H,16,17);1H. The molecule has 1 aromatic carbocycles. The van der Waals surface area contributed by atoms with Gasteiger partial charge in [0.1, 0.15) is 0 Å². The molecule has 0 fully saturated rings. The monoisotopic (exact) mass is 330 g/mol. The number of aliphatic imine (C=N–C) groups is 1. The Morgan fingerprint density at radius 3 is 2.63 bits per heavy atom. The van der Waals surface area contributed by atoms with Crippen LogP contribution in [0.2, 0.25) is 5.02 Å². The normalized spacial score (nSPS) is 15.5. The number of alkyl halides is 3. The van der Waals surface area contributed by atoms with Gasteiger partial charge in [0.25, 0.3) is 0 Å². The Morgan fingerprint density at radius 1 is 1.32 bits per heavy atom. The number of nitrogens with one attached hydrogen (secondary N) is 1. The molecule has 0 spiro atoms. The lowest BCUT2D eigenvalue weighted by Gasteiger charge is -2.15. The van der Waals surface area contributed by atoms with Crippen LogP contribution >= 0.6 is 35.8 Å². The number of hydrogen-bond acceptors (Lipinski definition) is 3. The molecule has 0 radical (unpaired) electrons. The quantitative estimate of drug-likeness (QED) is 0.808. The molecule has 19 heavy (non-hydrogen) atoms. The SMILES string of the molecule is Cl.FC(F)(F)c1ccc(Cl)c(NC2=NCCCS2)c1. The van der Waals surface area contributed by atoms with Crippen LogP contribution in [-0.2, 0) is 6.18 Å². The van der Waals surface area contributed by atoms with Gasteiger partial charge in [-0.25, -0.2) is 0 Å². The Morgan fingerprint density at radius 2 is 2.05 bits per heavy atom. The maximum atomic E-state index is 12.6. The van der Waals surface area contributed by atoms with Gasteiger partial charge in [0, 0.05) is 12.3 Å². The summed E-state index contributed by atoms with van der Waals surface area (Å²) in [6, 6.07) is 3.20. The predicted octanol–water partition coefficient (Wildman–Crippen LogP) is 4.69. The minimum absolute atomic E-state index is 0. The minimum atomic E-state index is -4.37. The summed E-state index contributed by atoms with van der Waals surface area (Å²) in [5.74, 6) is 0.905. The first-order valence-electron chi connectivity index (χ1n) is 5.28. The van der Waals surface area contributed by atoms with Gasteiger partial charge in [-0.15, -0.1) is 12.4 Å². The molecule has 0 atom stereocenters. The number of hydrogen-bond donors (Lipinski definition) is 1. The zero-order chi connectivity index (χ0) is 13.2. The van der Waals surface area contributed by atoms with E-state index in [0.29, 0.717) is 11.7 Å². The molecule has 0 bridgehead atoms. The van der Waals surface area contributed by atoms with E-state index in [0.717, 1.165) is 24.3 Å². The predicted molar refractivity (Wildman–Crippen MR) is 76.7 cm³/mol. The van der Waals surface area contributed by atoms with Gasteiger partial charge in [-0.1, -0.05) is 23.4 Å². The van der Waals surface area contributed by atoms with E-state index in [1.54, 1.807) is 0 Å². The molecular weight excluding hydrogens is 320 g/mol. The molecule has 2 nitrogen and oxygen atoms in total. The molecule has 106 valence electrons. The number of amidine groups is 1.